The molecule has 6 nitrogen and oxygen atoms in total. The van der Waals surface area contributed by atoms with Gasteiger partial charge in [-0.2, -0.15) is 0 Å². The fourth-order valence-corrected chi connectivity index (χ4v) is 3.83. The number of benzene rings is 2. The number of morpholine rings is 2. The Morgan fingerprint density at radius 2 is 1.07 bits per heavy atom. The van der Waals surface area contributed by atoms with Crippen LogP contribution in [-0.4, -0.2) is 72.6 Å². The maximum Gasteiger partial charge on any atom is 0.120 e. The number of rotatable bonds is 6. The van der Waals surface area contributed by atoms with E-state index in [1.54, 1.807) is 12.1 Å². The van der Waals surface area contributed by atoms with Crippen molar-refractivity contribution in [3.05, 3.63) is 58.7 Å². The molecule has 0 bridgehead atoms. The minimum Gasteiger partial charge on any atom is -0.508 e. The number of hydrogen-bond acceptors (Lipinski definition) is 6. The molecule has 2 fully saturated rings. The van der Waals surface area contributed by atoms with Crippen LogP contribution in [0.5, 0.6) is 11.5 Å². The highest BCUT2D eigenvalue weighted by atomic mass is 16.5. The molecular weight excluding hydrogens is 380 g/mol. The SMILES string of the molecule is Oc1cc(C=Cc2ccc(CN3CCOCC3)c(O)c2)ccc1CN1CCOCC1. The van der Waals surface area contributed by atoms with Crippen molar-refractivity contribution in [3.8, 4) is 11.5 Å². The summed E-state index contributed by atoms with van der Waals surface area (Å²) in [4.78, 5) is 4.57. The Hall–Kier alpha value is -2.38. The van der Waals surface area contributed by atoms with Gasteiger partial charge in [-0.25, -0.2) is 0 Å². The highest BCUT2D eigenvalue weighted by Crippen LogP contribution is 2.24. The molecule has 0 spiro atoms. The summed E-state index contributed by atoms with van der Waals surface area (Å²) in [5, 5.41) is 20.8. The first-order valence-electron chi connectivity index (χ1n) is 10.6. The zero-order chi connectivity index (χ0) is 20.8. The summed E-state index contributed by atoms with van der Waals surface area (Å²) in [5.41, 5.74) is 3.71. The molecular formula is C24H30N2O4. The minimum atomic E-state index is 0.312. The van der Waals surface area contributed by atoms with Gasteiger partial charge >= 0.3 is 0 Å². The van der Waals surface area contributed by atoms with Gasteiger partial charge in [0.15, 0.2) is 0 Å². The number of nitrogens with zero attached hydrogens (tertiary/aromatic N) is 2. The van der Waals surface area contributed by atoms with E-state index in [2.05, 4.69) is 9.80 Å². The molecule has 160 valence electrons. The Morgan fingerprint density at radius 1 is 0.667 bits per heavy atom. The predicted molar refractivity (Wildman–Crippen MR) is 117 cm³/mol. The number of aromatic hydroxyl groups is 2. The van der Waals surface area contributed by atoms with E-state index in [-0.39, 0.29) is 0 Å². The molecule has 30 heavy (non-hydrogen) atoms. The molecule has 2 aromatic rings. The second-order valence-electron chi connectivity index (χ2n) is 7.89. The van der Waals surface area contributed by atoms with Crippen molar-refractivity contribution in [2.75, 3.05) is 52.6 Å². The van der Waals surface area contributed by atoms with Gasteiger partial charge < -0.3 is 19.7 Å². The van der Waals surface area contributed by atoms with Crippen LogP contribution in [0.25, 0.3) is 12.2 Å². The first-order chi connectivity index (χ1) is 14.7. The molecule has 0 unspecified atom stereocenters. The maximum atomic E-state index is 10.4. The van der Waals surface area contributed by atoms with E-state index in [4.69, 9.17) is 9.47 Å². The van der Waals surface area contributed by atoms with E-state index < -0.39 is 0 Å². The van der Waals surface area contributed by atoms with E-state index in [9.17, 15) is 10.2 Å². The molecule has 2 heterocycles. The molecule has 2 N–H and O–H groups in total. The lowest BCUT2D eigenvalue weighted by Gasteiger charge is -2.26. The third-order valence-electron chi connectivity index (χ3n) is 5.68. The van der Waals surface area contributed by atoms with Crippen molar-refractivity contribution < 1.29 is 19.7 Å². The van der Waals surface area contributed by atoms with Crippen LogP contribution in [0.3, 0.4) is 0 Å². The summed E-state index contributed by atoms with van der Waals surface area (Å²) < 4.78 is 10.8. The highest BCUT2D eigenvalue weighted by molar-refractivity contribution is 5.71. The fourth-order valence-electron chi connectivity index (χ4n) is 3.83. The van der Waals surface area contributed by atoms with Crippen LogP contribution in [0.1, 0.15) is 22.3 Å². The Kier molecular flexibility index (Phi) is 7.02. The molecule has 2 aliphatic heterocycles. The number of ether oxygens (including phenoxy) is 2. The Bertz CT molecular complexity index is 800. The first kappa shape index (κ1) is 20.9. The quantitative estimate of drug-likeness (QED) is 0.714. The summed E-state index contributed by atoms with van der Waals surface area (Å²) in [6, 6.07) is 11.6. The van der Waals surface area contributed by atoms with Gasteiger partial charge in [0.25, 0.3) is 0 Å². The first-order valence-corrected chi connectivity index (χ1v) is 10.6. The van der Waals surface area contributed by atoms with Gasteiger partial charge in [0.05, 0.1) is 26.4 Å². The van der Waals surface area contributed by atoms with Gasteiger partial charge in [-0.3, -0.25) is 9.80 Å². The smallest absolute Gasteiger partial charge is 0.120 e. The number of phenols is 2. The summed E-state index contributed by atoms with van der Waals surface area (Å²) >= 11 is 0. The van der Waals surface area contributed by atoms with Crippen LogP contribution in [-0.2, 0) is 22.6 Å². The van der Waals surface area contributed by atoms with E-state index in [0.29, 0.717) is 11.5 Å². The normalized spacial score (nSPS) is 18.8. The molecule has 2 aliphatic rings. The van der Waals surface area contributed by atoms with Crippen molar-refractivity contribution in [1.29, 1.82) is 0 Å². The van der Waals surface area contributed by atoms with Gasteiger partial charge in [0, 0.05) is 50.4 Å². The summed E-state index contributed by atoms with van der Waals surface area (Å²) in [6.07, 6.45) is 3.91. The molecule has 0 radical (unpaired) electrons. The zero-order valence-electron chi connectivity index (χ0n) is 17.3. The lowest BCUT2D eigenvalue weighted by atomic mass is 10.1. The summed E-state index contributed by atoms with van der Waals surface area (Å²) in [7, 11) is 0. The molecule has 0 atom stereocenters. The average Bonchev–Trinajstić information content (AvgIpc) is 2.77. The van der Waals surface area contributed by atoms with Crippen LogP contribution in [0.4, 0.5) is 0 Å². The molecule has 0 saturated carbocycles. The third kappa shape index (κ3) is 5.61. The molecule has 0 aromatic heterocycles. The van der Waals surface area contributed by atoms with Crippen molar-refractivity contribution in [1.82, 2.24) is 9.80 Å². The van der Waals surface area contributed by atoms with E-state index in [0.717, 1.165) is 87.9 Å². The van der Waals surface area contributed by atoms with E-state index in [1.807, 2.05) is 36.4 Å². The van der Waals surface area contributed by atoms with Crippen LogP contribution >= 0.6 is 0 Å². The molecule has 2 saturated heterocycles. The average molecular weight is 411 g/mol. The van der Waals surface area contributed by atoms with E-state index in [1.165, 1.54) is 0 Å². The minimum absolute atomic E-state index is 0.312. The molecule has 4 rings (SSSR count). The van der Waals surface area contributed by atoms with Crippen LogP contribution in [0.15, 0.2) is 36.4 Å². The summed E-state index contributed by atoms with van der Waals surface area (Å²) in [5.74, 6) is 0.625. The molecule has 0 aliphatic carbocycles. The molecule has 0 amide bonds. The Balaban J connectivity index is 1.38. The number of phenolic OH excluding ortho intramolecular Hbond substituents is 2. The van der Waals surface area contributed by atoms with Gasteiger partial charge in [-0.05, 0) is 23.3 Å². The Labute approximate surface area is 178 Å². The zero-order valence-corrected chi connectivity index (χ0v) is 17.3. The van der Waals surface area contributed by atoms with Gasteiger partial charge in [0.2, 0.25) is 0 Å². The van der Waals surface area contributed by atoms with Crippen LogP contribution < -0.4 is 0 Å². The monoisotopic (exact) mass is 410 g/mol. The third-order valence-corrected chi connectivity index (χ3v) is 5.68. The largest absolute Gasteiger partial charge is 0.508 e. The Morgan fingerprint density at radius 3 is 1.43 bits per heavy atom. The predicted octanol–water partition coefficient (Wildman–Crippen LogP) is 2.93. The van der Waals surface area contributed by atoms with E-state index >= 15 is 0 Å². The summed E-state index contributed by atoms with van der Waals surface area (Å²) in [6.45, 7) is 8.05. The van der Waals surface area contributed by atoms with Crippen LogP contribution in [0.2, 0.25) is 0 Å². The topological polar surface area (TPSA) is 65.4 Å². The van der Waals surface area contributed by atoms with Gasteiger partial charge in [-0.1, -0.05) is 36.4 Å². The lowest BCUT2D eigenvalue weighted by molar-refractivity contribution is 0.0338. The van der Waals surface area contributed by atoms with Crippen LogP contribution in [0, 0.1) is 0 Å². The maximum absolute atomic E-state index is 10.4. The van der Waals surface area contributed by atoms with Gasteiger partial charge in [-0.15, -0.1) is 0 Å². The van der Waals surface area contributed by atoms with Crippen molar-refractivity contribution >= 4 is 12.2 Å². The van der Waals surface area contributed by atoms with Gasteiger partial charge in [0.1, 0.15) is 11.5 Å². The van der Waals surface area contributed by atoms with Crippen molar-refractivity contribution in [2.24, 2.45) is 0 Å². The van der Waals surface area contributed by atoms with Crippen molar-refractivity contribution in [2.45, 2.75) is 13.1 Å². The standard InChI is InChI=1S/C24H30N2O4/c27-23-15-19(3-5-21(23)17-25-7-11-29-12-8-25)1-2-20-4-6-22(24(28)16-20)18-26-9-13-30-14-10-26/h1-6,15-16,27-28H,7-14,17-18H2. The second-order valence-corrected chi connectivity index (χ2v) is 7.89. The molecule has 2 aromatic carbocycles. The van der Waals surface area contributed by atoms with Crippen molar-refractivity contribution in [3.63, 3.8) is 0 Å². The second kappa shape index (κ2) is 10.1. The lowest BCUT2D eigenvalue weighted by Crippen LogP contribution is -2.35. The molecule has 6 heteroatoms. The number of hydrogen-bond donors (Lipinski definition) is 2. The fraction of sp³-hybridized carbons (Fsp3) is 0.417. The highest BCUT2D eigenvalue weighted by Gasteiger charge is 2.14.